The third-order valence-corrected chi connectivity index (χ3v) is 5.50. The summed E-state index contributed by atoms with van der Waals surface area (Å²) in [6.45, 7) is 1.83. The Morgan fingerprint density at radius 3 is 2.07 bits per heavy atom. The Labute approximate surface area is 167 Å². The van der Waals surface area contributed by atoms with E-state index in [9.17, 15) is 22.0 Å². The van der Waals surface area contributed by atoms with E-state index in [1.54, 1.807) is 24.3 Å². The minimum absolute atomic E-state index is 0.00169. The van der Waals surface area contributed by atoms with Gasteiger partial charge in [0.15, 0.2) is 0 Å². The van der Waals surface area contributed by atoms with Crippen LogP contribution in [0.15, 0.2) is 71.6 Å². The van der Waals surface area contributed by atoms with Gasteiger partial charge in [-0.25, -0.2) is 17.2 Å². The lowest BCUT2D eigenvalue weighted by Crippen LogP contribution is -2.23. The van der Waals surface area contributed by atoms with Crippen LogP contribution >= 0.6 is 0 Å². The molecule has 0 saturated heterocycles. The highest BCUT2D eigenvalue weighted by atomic mass is 32.2. The predicted octanol–water partition coefficient (Wildman–Crippen LogP) is 4.00. The average molecular weight is 416 g/mol. The van der Waals surface area contributed by atoms with E-state index in [1.165, 1.54) is 24.3 Å². The Hall–Kier alpha value is -3.26. The van der Waals surface area contributed by atoms with Crippen molar-refractivity contribution in [3.05, 3.63) is 95.1 Å². The molecule has 0 aromatic heterocycles. The Morgan fingerprint density at radius 1 is 0.897 bits per heavy atom. The number of hydrogen-bond donors (Lipinski definition) is 2. The van der Waals surface area contributed by atoms with E-state index >= 15 is 0 Å². The second-order valence-corrected chi connectivity index (χ2v) is 8.14. The van der Waals surface area contributed by atoms with Crippen molar-refractivity contribution in [1.29, 1.82) is 0 Å². The molecule has 0 fully saturated rings. The van der Waals surface area contributed by atoms with Crippen LogP contribution in [-0.2, 0) is 16.6 Å². The number of amides is 1. The van der Waals surface area contributed by atoms with E-state index in [1.807, 2.05) is 6.92 Å². The topological polar surface area (TPSA) is 75.3 Å². The van der Waals surface area contributed by atoms with Crippen LogP contribution in [0.5, 0.6) is 0 Å². The molecule has 2 N–H and O–H groups in total. The molecule has 3 aromatic carbocycles. The smallest absolute Gasteiger partial charge is 0.261 e. The van der Waals surface area contributed by atoms with Gasteiger partial charge in [0.05, 0.1) is 4.90 Å². The molecule has 0 bridgehead atoms. The summed E-state index contributed by atoms with van der Waals surface area (Å²) in [5, 5.41) is 2.54. The van der Waals surface area contributed by atoms with Crippen LogP contribution in [0.4, 0.5) is 14.5 Å². The third kappa shape index (κ3) is 5.39. The first-order valence-electron chi connectivity index (χ1n) is 8.66. The second kappa shape index (κ2) is 8.40. The van der Waals surface area contributed by atoms with Crippen molar-refractivity contribution in [3.63, 3.8) is 0 Å². The quantitative estimate of drug-likeness (QED) is 0.638. The van der Waals surface area contributed by atoms with Gasteiger partial charge >= 0.3 is 0 Å². The number of hydrogen-bond acceptors (Lipinski definition) is 3. The van der Waals surface area contributed by atoms with Crippen LogP contribution in [0.3, 0.4) is 0 Å². The fourth-order valence-electron chi connectivity index (χ4n) is 2.62. The number of nitrogens with one attached hydrogen (secondary N) is 2. The molecule has 150 valence electrons. The molecule has 0 unspecified atom stereocenters. The summed E-state index contributed by atoms with van der Waals surface area (Å²) >= 11 is 0. The van der Waals surface area contributed by atoms with Gasteiger partial charge in [-0.05, 0) is 61.0 Å². The average Bonchev–Trinajstić information content (AvgIpc) is 2.67. The van der Waals surface area contributed by atoms with Crippen LogP contribution in [0.25, 0.3) is 0 Å². The highest BCUT2D eigenvalue weighted by Gasteiger charge is 2.15. The summed E-state index contributed by atoms with van der Waals surface area (Å²) in [5.74, 6) is -1.96. The minimum Gasteiger partial charge on any atom is -0.348 e. The van der Waals surface area contributed by atoms with Gasteiger partial charge in [0.25, 0.3) is 15.9 Å². The van der Waals surface area contributed by atoms with E-state index in [0.29, 0.717) is 5.69 Å². The van der Waals surface area contributed by atoms with E-state index in [2.05, 4.69) is 10.0 Å². The lowest BCUT2D eigenvalue weighted by atomic mass is 10.2. The summed E-state index contributed by atoms with van der Waals surface area (Å²) in [5.41, 5.74) is 1.93. The molecule has 0 heterocycles. The highest BCUT2D eigenvalue weighted by molar-refractivity contribution is 7.92. The molecule has 0 spiro atoms. The molecule has 0 aliphatic rings. The Morgan fingerprint density at radius 2 is 1.48 bits per heavy atom. The molecular weight excluding hydrogens is 398 g/mol. The summed E-state index contributed by atoms with van der Waals surface area (Å²) in [6, 6.07) is 15.2. The molecular formula is C21H18F2N2O3S. The maximum atomic E-state index is 13.2. The number of carbonyl (C=O) groups is 1. The zero-order valence-corrected chi connectivity index (χ0v) is 16.3. The van der Waals surface area contributed by atoms with Crippen LogP contribution in [0.2, 0.25) is 0 Å². The Kier molecular flexibility index (Phi) is 5.93. The van der Waals surface area contributed by atoms with Crippen molar-refractivity contribution >= 4 is 21.6 Å². The largest absolute Gasteiger partial charge is 0.348 e. The van der Waals surface area contributed by atoms with Crippen LogP contribution in [0, 0.1) is 18.6 Å². The van der Waals surface area contributed by atoms with Gasteiger partial charge < -0.3 is 5.32 Å². The standard InChI is InChI=1S/C21H18F2N2O3S/c1-14-2-6-19(7-3-14)25-29(27,28)20-8-4-16(5-9-20)21(26)24-13-15-10-17(22)12-18(23)11-15/h2-12,25H,13H2,1H3,(H,24,26). The number of aryl methyl sites for hydroxylation is 1. The van der Waals surface area contributed by atoms with Gasteiger partial charge in [-0.3, -0.25) is 9.52 Å². The van der Waals surface area contributed by atoms with Crippen LogP contribution in [0.1, 0.15) is 21.5 Å². The summed E-state index contributed by atoms with van der Waals surface area (Å²) in [4.78, 5) is 12.2. The Balaban J connectivity index is 1.66. The highest BCUT2D eigenvalue weighted by Crippen LogP contribution is 2.17. The molecule has 0 atom stereocenters. The molecule has 5 nitrogen and oxygen atoms in total. The molecule has 0 aliphatic carbocycles. The third-order valence-electron chi connectivity index (χ3n) is 4.11. The maximum absolute atomic E-state index is 13.2. The van der Waals surface area contributed by atoms with Crippen molar-refractivity contribution < 1.29 is 22.0 Å². The second-order valence-electron chi connectivity index (χ2n) is 6.46. The van der Waals surface area contributed by atoms with Crippen molar-refractivity contribution in [3.8, 4) is 0 Å². The molecule has 29 heavy (non-hydrogen) atoms. The molecule has 0 saturated carbocycles. The van der Waals surface area contributed by atoms with Gasteiger partial charge in [-0.1, -0.05) is 17.7 Å². The van der Waals surface area contributed by atoms with E-state index in [4.69, 9.17) is 0 Å². The van der Waals surface area contributed by atoms with Crippen LogP contribution < -0.4 is 10.0 Å². The van der Waals surface area contributed by atoms with E-state index < -0.39 is 27.6 Å². The zero-order valence-electron chi connectivity index (χ0n) is 15.4. The Bertz CT molecular complexity index is 1110. The number of sulfonamides is 1. The number of carbonyl (C=O) groups excluding carboxylic acids is 1. The predicted molar refractivity (Wildman–Crippen MR) is 106 cm³/mol. The van der Waals surface area contributed by atoms with Crippen molar-refractivity contribution in [1.82, 2.24) is 5.32 Å². The number of benzene rings is 3. The van der Waals surface area contributed by atoms with Crippen molar-refractivity contribution in [2.75, 3.05) is 4.72 Å². The van der Waals surface area contributed by atoms with Gasteiger partial charge in [-0.15, -0.1) is 0 Å². The fourth-order valence-corrected chi connectivity index (χ4v) is 3.68. The molecule has 3 rings (SSSR count). The SMILES string of the molecule is Cc1ccc(NS(=O)(=O)c2ccc(C(=O)NCc3cc(F)cc(F)c3)cc2)cc1. The lowest BCUT2D eigenvalue weighted by molar-refractivity contribution is 0.0950. The first kappa shape index (κ1) is 20.5. The molecule has 1 amide bonds. The van der Waals surface area contributed by atoms with Crippen molar-refractivity contribution in [2.24, 2.45) is 0 Å². The lowest BCUT2D eigenvalue weighted by Gasteiger charge is -2.10. The molecule has 0 radical (unpaired) electrons. The van der Waals surface area contributed by atoms with Gasteiger partial charge in [0.1, 0.15) is 11.6 Å². The number of rotatable bonds is 6. The van der Waals surface area contributed by atoms with Gasteiger partial charge in [0.2, 0.25) is 0 Å². The fraction of sp³-hybridized carbons (Fsp3) is 0.0952. The summed E-state index contributed by atoms with van der Waals surface area (Å²) in [6.07, 6.45) is 0. The molecule has 0 aliphatic heterocycles. The number of halogens is 2. The molecule has 8 heteroatoms. The first-order chi connectivity index (χ1) is 13.7. The zero-order chi connectivity index (χ0) is 21.0. The van der Waals surface area contributed by atoms with Crippen LogP contribution in [-0.4, -0.2) is 14.3 Å². The van der Waals surface area contributed by atoms with Gasteiger partial charge in [0, 0.05) is 23.9 Å². The summed E-state index contributed by atoms with van der Waals surface area (Å²) in [7, 11) is -3.80. The van der Waals surface area contributed by atoms with Gasteiger partial charge in [-0.2, -0.15) is 0 Å². The maximum Gasteiger partial charge on any atom is 0.261 e. The van der Waals surface area contributed by atoms with E-state index in [0.717, 1.165) is 23.8 Å². The number of anilines is 1. The van der Waals surface area contributed by atoms with E-state index in [-0.39, 0.29) is 22.6 Å². The monoisotopic (exact) mass is 416 g/mol. The minimum atomic E-state index is -3.80. The van der Waals surface area contributed by atoms with Crippen molar-refractivity contribution in [2.45, 2.75) is 18.4 Å². The summed E-state index contributed by atoms with van der Waals surface area (Å²) < 4.78 is 53.8. The normalized spacial score (nSPS) is 11.1. The molecule has 3 aromatic rings. The first-order valence-corrected chi connectivity index (χ1v) is 10.1.